The molecule has 2 aromatic carbocycles. The Morgan fingerprint density at radius 1 is 1.06 bits per heavy atom. The highest BCUT2D eigenvalue weighted by molar-refractivity contribution is 7.89. The first-order chi connectivity index (χ1) is 14.9. The van der Waals surface area contributed by atoms with E-state index in [9.17, 15) is 17.9 Å². The number of fused-ring (bicyclic) bond motifs is 1. The summed E-state index contributed by atoms with van der Waals surface area (Å²) in [6.07, 6.45) is -0.226. The standard InChI is InChI=1S/C22H28FN3O4S/c1-30-20-4-2-5-21-22(20)19(27)16-26(31(21,28)29)11-3-10-24-12-14-25(15-13-24)18-8-6-17(23)7-9-18/h2,4-9,19,27H,3,10-16H2,1H3. The zero-order valence-corrected chi connectivity index (χ0v) is 18.4. The molecule has 0 bridgehead atoms. The van der Waals surface area contributed by atoms with Crippen LogP contribution < -0.4 is 9.64 Å². The fraction of sp³-hybridized carbons (Fsp3) is 0.455. The summed E-state index contributed by atoms with van der Waals surface area (Å²) >= 11 is 0. The molecule has 4 rings (SSSR count). The molecule has 1 atom stereocenters. The van der Waals surface area contributed by atoms with Crippen molar-refractivity contribution in [1.82, 2.24) is 9.21 Å². The maximum absolute atomic E-state index is 13.1. The van der Waals surface area contributed by atoms with E-state index < -0.39 is 16.1 Å². The maximum atomic E-state index is 13.1. The van der Waals surface area contributed by atoms with Crippen LogP contribution in [0.5, 0.6) is 5.75 Å². The molecule has 0 saturated carbocycles. The predicted molar refractivity (Wildman–Crippen MR) is 116 cm³/mol. The van der Waals surface area contributed by atoms with Crippen LogP contribution in [0.3, 0.4) is 0 Å². The van der Waals surface area contributed by atoms with Gasteiger partial charge in [0.1, 0.15) is 11.6 Å². The van der Waals surface area contributed by atoms with E-state index in [1.807, 2.05) is 0 Å². The Kier molecular flexibility index (Phi) is 6.47. The van der Waals surface area contributed by atoms with Crippen LogP contribution in [0.1, 0.15) is 18.1 Å². The molecular weight excluding hydrogens is 421 g/mol. The smallest absolute Gasteiger partial charge is 0.243 e. The minimum Gasteiger partial charge on any atom is -0.496 e. The van der Waals surface area contributed by atoms with E-state index >= 15 is 0 Å². The molecule has 1 N–H and O–H groups in total. The van der Waals surface area contributed by atoms with E-state index in [2.05, 4.69) is 9.80 Å². The van der Waals surface area contributed by atoms with Gasteiger partial charge in [0.2, 0.25) is 10.0 Å². The second kappa shape index (κ2) is 9.12. The molecule has 2 heterocycles. The maximum Gasteiger partial charge on any atom is 0.243 e. The van der Waals surface area contributed by atoms with Gasteiger partial charge >= 0.3 is 0 Å². The molecular formula is C22H28FN3O4S. The van der Waals surface area contributed by atoms with E-state index in [0.29, 0.717) is 24.3 Å². The third-order valence-corrected chi connectivity index (χ3v) is 7.94. The number of β-amino-alcohol motifs (C(OH)–C–C–N with tert-alkyl or cyclic N) is 1. The van der Waals surface area contributed by atoms with Gasteiger partial charge in [0.05, 0.1) is 18.1 Å². The topological polar surface area (TPSA) is 73.3 Å². The number of piperazine rings is 1. The zero-order valence-electron chi connectivity index (χ0n) is 17.6. The average molecular weight is 450 g/mol. The number of halogens is 1. The number of rotatable bonds is 6. The molecule has 31 heavy (non-hydrogen) atoms. The molecule has 0 aromatic heterocycles. The minimum absolute atomic E-state index is 0.0358. The van der Waals surface area contributed by atoms with Gasteiger partial charge in [-0.2, -0.15) is 4.31 Å². The summed E-state index contributed by atoms with van der Waals surface area (Å²) in [5.41, 5.74) is 1.36. The Labute approximate surface area is 182 Å². The second-order valence-corrected chi connectivity index (χ2v) is 9.82. The summed E-state index contributed by atoms with van der Waals surface area (Å²) in [5.74, 6) is 0.161. The molecule has 1 saturated heterocycles. The van der Waals surface area contributed by atoms with Crippen molar-refractivity contribution in [2.45, 2.75) is 17.4 Å². The van der Waals surface area contributed by atoms with Crippen molar-refractivity contribution in [1.29, 1.82) is 0 Å². The highest BCUT2D eigenvalue weighted by Crippen LogP contribution is 2.38. The van der Waals surface area contributed by atoms with Crippen molar-refractivity contribution in [2.75, 3.05) is 57.8 Å². The molecule has 9 heteroatoms. The van der Waals surface area contributed by atoms with Crippen molar-refractivity contribution in [3.05, 3.63) is 53.8 Å². The molecule has 2 aromatic rings. The van der Waals surface area contributed by atoms with Crippen LogP contribution in [0.2, 0.25) is 0 Å². The van der Waals surface area contributed by atoms with Gasteiger partial charge in [-0.1, -0.05) is 6.07 Å². The number of hydrogen-bond donors (Lipinski definition) is 1. The van der Waals surface area contributed by atoms with Gasteiger partial charge in [0.25, 0.3) is 0 Å². The number of hydrogen-bond acceptors (Lipinski definition) is 6. The van der Waals surface area contributed by atoms with Gasteiger partial charge in [-0.3, -0.25) is 4.90 Å². The summed E-state index contributed by atoms with van der Waals surface area (Å²) in [4.78, 5) is 4.66. The number of benzene rings is 2. The van der Waals surface area contributed by atoms with Crippen LogP contribution in [-0.4, -0.2) is 75.7 Å². The Morgan fingerprint density at radius 3 is 2.45 bits per heavy atom. The third kappa shape index (κ3) is 4.55. The number of aliphatic hydroxyl groups excluding tert-OH is 1. The number of aliphatic hydroxyl groups is 1. The minimum atomic E-state index is -3.66. The van der Waals surface area contributed by atoms with Gasteiger partial charge in [-0.05, 0) is 49.4 Å². The van der Waals surface area contributed by atoms with Crippen molar-refractivity contribution >= 4 is 15.7 Å². The van der Waals surface area contributed by atoms with Crippen LogP contribution in [0.25, 0.3) is 0 Å². The molecule has 168 valence electrons. The molecule has 0 spiro atoms. The van der Waals surface area contributed by atoms with E-state index in [1.54, 1.807) is 24.3 Å². The lowest BCUT2D eigenvalue weighted by molar-refractivity contribution is 0.132. The van der Waals surface area contributed by atoms with Crippen LogP contribution in [0, 0.1) is 5.82 Å². The predicted octanol–water partition coefficient (Wildman–Crippen LogP) is 2.08. The molecule has 0 radical (unpaired) electrons. The van der Waals surface area contributed by atoms with Gasteiger partial charge in [0.15, 0.2) is 0 Å². The SMILES string of the molecule is COc1cccc2c1C(O)CN(CCCN1CCN(c3ccc(F)cc3)CC1)S2(=O)=O. The number of nitrogens with zero attached hydrogens (tertiary/aromatic N) is 3. The molecule has 2 aliphatic heterocycles. The number of anilines is 1. The van der Waals surface area contributed by atoms with Crippen LogP contribution in [-0.2, 0) is 10.0 Å². The first kappa shape index (κ1) is 22.0. The lowest BCUT2D eigenvalue weighted by Crippen LogP contribution is -2.47. The first-order valence-electron chi connectivity index (χ1n) is 10.5. The first-order valence-corrected chi connectivity index (χ1v) is 11.9. The molecule has 0 aliphatic carbocycles. The molecule has 1 fully saturated rings. The third-order valence-electron chi connectivity index (χ3n) is 6.02. The molecule has 1 unspecified atom stereocenters. The largest absolute Gasteiger partial charge is 0.496 e. The van der Waals surface area contributed by atoms with Crippen molar-refractivity contribution < 1.29 is 22.7 Å². The van der Waals surface area contributed by atoms with Crippen molar-refractivity contribution in [3.63, 3.8) is 0 Å². The van der Waals surface area contributed by atoms with E-state index in [1.165, 1.54) is 29.6 Å². The normalized spacial score (nSPS) is 21.6. The van der Waals surface area contributed by atoms with Gasteiger partial charge < -0.3 is 14.7 Å². The lowest BCUT2D eigenvalue weighted by atomic mass is 10.1. The van der Waals surface area contributed by atoms with E-state index in [4.69, 9.17) is 4.74 Å². The Balaban J connectivity index is 1.32. The van der Waals surface area contributed by atoms with Crippen molar-refractivity contribution in [2.24, 2.45) is 0 Å². The second-order valence-electron chi connectivity index (χ2n) is 7.91. The lowest BCUT2D eigenvalue weighted by Gasteiger charge is -2.37. The fourth-order valence-electron chi connectivity index (χ4n) is 4.34. The van der Waals surface area contributed by atoms with Gasteiger partial charge in [0, 0.05) is 50.5 Å². The molecule has 7 nitrogen and oxygen atoms in total. The Morgan fingerprint density at radius 2 is 1.77 bits per heavy atom. The van der Waals surface area contributed by atoms with Crippen molar-refractivity contribution in [3.8, 4) is 5.75 Å². The highest BCUT2D eigenvalue weighted by atomic mass is 32.2. The molecule has 0 amide bonds. The Bertz CT molecular complexity index is 1010. The molecule has 2 aliphatic rings. The van der Waals surface area contributed by atoms with Gasteiger partial charge in [-0.15, -0.1) is 0 Å². The van der Waals surface area contributed by atoms with Crippen LogP contribution in [0.4, 0.5) is 10.1 Å². The van der Waals surface area contributed by atoms with E-state index in [-0.39, 0.29) is 17.3 Å². The number of methoxy groups -OCH3 is 1. The summed E-state index contributed by atoms with van der Waals surface area (Å²) < 4.78 is 45.8. The summed E-state index contributed by atoms with van der Waals surface area (Å²) in [6.45, 7) is 4.60. The Hall–Kier alpha value is -2.20. The number of ether oxygens (including phenoxy) is 1. The summed E-state index contributed by atoms with van der Waals surface area (Å²) in [6, 6.07) is 11.4. The number of sulfonamides is 1. The van der Waals surface area contributed by atoms with Crippen LogP contribution in [0.15, 0.2) is 47.4 Å². The summed E-state index contributed by atoms with van der Waals surface area (Å²) in [7, 11) is -2.19. The zero-order chi connectivity index (χ0) is 22.0. The monoisotopic (exact) mass is 449 g/mol. The van der Waals surface area contributed by atoms with Crippen LogP contribution >= 0.6 is 0 Å². The van der Waals surface area contributed by atoms with Gasteiger partial charge in [-0.25, -0.2) is 12.8 Å². The fourth-order valence-corrected chi connectivity index (χ4v) is 6.09. The van der Waals surface area contributed by atoms with E-state index in [0.717, 1.165) is 38.4 Å². The highest BCUT2D eigenvalue weighted by Gasteiger charge is 2.37. The average Bonchev–Trinajstić information content (AvgIpc) is 2.78. The quantitative estimate of drug-likeness (QED) is 0.728. The summed E-state index contributed by atoms with van der Waals surface area (Å²) in [5, 5.41) is 10.6.